The van der Waals surface area contributed by atoms with E-state index in [-0.39, 0.29) is 11.8 Å². The summed E-state index contributed by atoms with van der Waals surface area (Å²) in [5, 5.41) is 0. The van der Waals surface area contributed by atoms with E-state index >= 15 is 0 Å². The van der Waals surface area contributed by atoms with Crippen molar-refractivity contribution >= 4 is 11.8 Å². The van der Waals surface area contributed by atoms with Gasteiger partial charge >= 0.3 is 5.97 Å². The number of carbonyl (C=O) groups is 2. The smallest absolute Gasteiger partial charge is 0.311 e. The highest BCUT2D eigenvalue weighted by molar-refractivity contribution is 5.75. The van der Waals surface area contributed by atoms with E-state index in [0.717, 1.165) is 12.0 Å². The molecule has 0 unspecified atom stereocenters. The van der Waals surface area contributed by atoms with E-state index in [4.69, 9.17) is 4.74 Å². The van der Waals surface area contributed by atoms with Crippen LogP contribution in [0.5, 0.6) is 5.75 Å². The fourth-order valence-electron chi connectivity index (χ4n) is 1.47. The van der Waals surface area contributed by atoms with Crippen molar-refractivity contribution in [3.05, 3.63) is 29.8 Å². The molecule has 92 valence electrons. The lowest BCUT2D eigenvalue weighted by Gasteiger charge is -2.05. The van der Waals surface area contributed by atoms with Crippen molar-refractivity contribution in [3.63, 3.8) is 0 Å². The molecule has 3 nitrogen and oxygen atoms in total. The van der Waals surface area contributed by atoms with Crippen LogP contribution in [0.2, 0.25) is 0 Å². The molecule has 0 spiro atoms. The molecule has 0 atom stereocenters. The first-order valence-corrected chi connectivity index (χ1v) is 5.91. The number of esters is 1. The molecule has 1 aromatic rings. The number of hydrogen-bond acceptors (Lipinski definition) is 3. The first-order chi connectivity index (χ1) is 8.11. The summed E-state index contributed by atoms with van der Waals surface area (Å²) in [6.45, 7) is 3.51. The molecule has 0 aliphatic carbocycles. The van der Waals surface area contributed by atoms with Gasteiger partial charge in [0.25, 0.3) is 0 Å². The van der Waals surface area contributed by atoms with Gasteiger partial charge in [0.2, 0.25) is 0 Å². The van der Waals surface area contributed by atoms with Crippen molar-refractivity contribution in [2.75, 3.05) is 0 Å². The summed E-state index contributed by atoms with van der Waals surface area (Å²) in [4.78, 5) is 22.2. The summed E-state index contributed by atoms with van der Waals surface area (Å²) in [7, 11) is 0. The molecule has 0 aliphatic heterocycles. The topological polar surface area (TPSA) is 43.4 Å². The highest BCUT2D eigenvalue weighted by Crippen LogP contribution is 2.15. The Balaban J connectivity index is 2.59. The third kappa shape index (κ3) is 5.29. The van der Waals surface area contributed by atoms with Crippen molar-refractivity contribution in [2.45, 2.75) is 39.5 Å². The van der Waals surface area contributed by atoms with Gasteiger partial charge in [0.15, 0.2) is 0 Å². The van der Waals surface area contributed by atoms with Crippen LogP contribution in [0.3, 0.4) is 0 Å². The second-order valence-electron chi connectivity index (χ2n) is 4.07. The molecule has 0 amide bonds. The molecule has 0 aliphatic rings. The van der Waals surface area contributed by atoms with Crippen LogP contribution in [0.4, 0.5) is 0 Å². The largest absolute Gasteiger partial charge is 0.427 e. The van der Waals surface area contributed by atoms with Gasteiger partial charge in [-0.25, -0.2) is 0 Å². The molecule has 17 heavy (non-hydrogen) atoms. The second-order valence-corrected chi connectivity index (χ2v) is 4.07. The van der Waals surface area contributed by atoms with Crippen LogP contribution < -0.4 is 4.74 Å². The normalized spacial score (nSPS) is 10.0. The SMILES string of the molecule is CCCC(=O)Oc1cccc(CCC(C)=O)c1. The Labute approximate surface area is 102 Å². The maximum absolute atomic E-state index is 11.3. The fourth-order valence-corrected chi connectivity index (χ4v) is 1.47. The zero-order valence-corrected chi connectivity index (χ0v) is 10.4. The first kappa shape index (κ1) is 13.4. The maximum Gasteiger partial charge on any atom is 0.311 e. The number of benzene rings is 1. The highest BCUT2D eigenvalue weighted by Gasteiger charge is 2.04. The van der Waals surface area contributed by atoms with E-state index in [1.54, 1.807) is 13.0 Å². The quantitative estimate of drug-likeness (QED) is 0.561. The van der Waals surface area contributed by atoms with Crippen LogP contribution in [-0.2, 0) is 16.0 Å². The standard InChI is InChI=1S/C14H18O3/c1-3-5-14(16)17-13-7-4-6-12(10-13)9-8-11(2)15/h4,6-7,10H,3,5,8-9H2,1-2H3. The van der Waals surface area contributed by atoms with Gasteiger partial charge in [-0.15, -0.1) is 0 Å². The lowest BCUT2D eigenvalue weighted by atomic mass is 10.1. The monoisotopic (exact) mass is 234 g/mol. The third-order valence-electron chi connectivity index (χ3n) is 2.35. The Morgan fingerprint density at radius 2 is 2.00 bits per heavy atom. The van der Waals surface area contributed by atoms with Crippen molar-refractivity contribution in [1.29, 1.82) is 0 Å². The summed E-state index contributed by atoms with van der Waals surface area (Å²) < 4.78 is 5.18. The van der Waals surface area contributed by atoms with Crippen LogP contribution in [0, 0.1) is 0 Å². The van der Waals surface area contributed by atoms with E-state index in [0.29, 0.717) is 25.0 Å². The summed E-state index contributed by atoms with van der Waals surface area (Å²) >= 11 is 0. The number of rotatable bonds is 6. The average Bonchev–Trinajstić information content (AvgIpc) is 2.27. The zero-order chi connectivity index (χ0) is 12.7. The molecule has 1 rings (SSSR count). The molecular weight excluding hydrogens is 216 g/mol. The number of carbonyl (C=O) groups excluding carboxylic acids is 2. The van der Waals surface area contributed by atoms with Gasteiger partial charge in [-0.2, -0.15) is 0 Å². The summed E-state index contributed by atoms with van der Waals surface area (Å²) in [5.41, 5.74) is 1.02. The minimum Gasteiger partial charge on any atom is -0.427 e. The molecule has 0 N–H and O–H groups in total. The Kier molecular flexibility index (Phi) is 5.40. The van der Waals surface area contributed by atoms with Crippen molar-refractivity contribution in [2.24, 2.45) is 0 Å². The Morgan fingerprint density at radius 1 is 1.24 bits per heavy atom. The molecular formula is C14H18O3. The Morgan fingerprint density at radius 3 is 2.65 bits per heavy atom. The minimum atomic E-state index is -0.212. The van der Waals surface area contributed by atoms with Gasteiger partial charge in [0.05, 0.1) is 0 Å². The van der Waals surface area contributed by atoms with Gasteiger partial charge in [-0.05, 0) is 37.5 Å². The fraction of sp³-hybridized carbons (Fsp3) is 0.429. The van der Waals surface area contributed by atoms with Gasteiger partial charge in [-0.3, -0.25) is 4.79 Å². The van der Waals surface area contributed by atoms with E-state index in [9.17, 15) is 9.59 Å². The van der Waals surface area contributed by atoms with E-state index in [1.807, 2.05) is 25.1 Å². The van der Waals surface area contributed by atoms with E-state index in [1.165, 1.54) is 0 Å². The summed E-state index contributed by atoms with van der Waals surface area (Å²) in [5.74, 6) is 0.513. The Hall–Kier alpha value is -1.64. The predicted molar refractivity (Wildman–Crippen MR) is 66.0 cm³/mol. The molecule has 0 saturated heterocycles. The average molecular weight is 234 g/mol. The van der Waals surface area contributed by atoms with Crippen LogP contribution in [0.15, 0.2) is 24.3 Å². The molecule has 0 heterocycles. The number of hydrogen-bond donors (Lipinski definition) is 0. The Bertz CT molecular complexity index is 396. The number of ether oxygens (including phenoxy) is 1. The molecule has 0 saturated carbocycles. The number of ketones is 1. The number of aryl methyl sites for hydroxylation is 1. The highest BCUT2D eigenvalue weighted by atomic mass is 16.5. The van der Waals surface area contributed by atoms with E-state index < -0.39 is 0 Å². The van der Waals surface area contributed by atoms with Gasteiger partial charge in [0, 0.05) is 12.8 Å². The predicted octanol–water partition coefficient (Wildman–Crippen LogP) is 2.91. The van der Waals surface area contributed by atoms with Gasteiger partial charge < -0.3 is 9.53 Å². The molecule has 3 heteroatoms. The van der Waals surface area contributed by atoms with E-state index in [2.05, 4.69) is 0 Å². The first-order valence-electron chi connectivity index (χ1n) is 5.91. The molecule has 0 fully saturated rings. The van der Waals surface area contributed by atoms with Crippen molar-refractivity contribution < 1.29 is 14.3 Å². The van der Waals surface area contributed by atoms with Crippen LogP contribution in [0.25, 0.3) is 0 Å². The maximum atomic E-state index is 11.3. The zero-order valence-electron chi connectivity index (χ0n) is 10.4. The van der Waals surface area contributed by atoms with Crippen molar-refractivity contribution in [1.82, 2.24) is 0 Å². The van der Waals surface area contributed by atoms with Gasteiger partial charge in [0.1, 0.15) is 11.5 Å². The lowest BCUT2D eigenvalue weighted by Crippen LogP contribution is -2.07. The minimum absolute atomic E-state index is 0.165. The molecule has 0 bridgehead atoms. The number of Topliss-reactive ketones (excluding diaryl/α,β-unsaturated/α-hetero) is 1. The second kappa shape index (κ2) is 6.84. The summed E-state index contributed by atoms with van der Waals surface area (Å²) in [6, 6.07) is 7.34. The molecule has 0 radical (unpaired) electrons. The molecule has 1 aromatic carbocycles. The third-order valence-corrected chi connectivity index (χ3v) is 2.35. The van der Waals surface area contributed by atoms with Crippen LogP contribution in [0.1, 0.15) is 38.7 Å². The van der Waals surface area contributed by atoms with Crippen molar-refractivity contribution in [3.8, 4) is 5.75 Å². The van der Waals surface area contributed by atoms with Crippen LogP contribution >= 0.6 is 0 Å². The summed E-state index contributed by atoms with van der Waals surface area (Å²) in [6.07, 6.45) is 2.42. The van der Waals surface area contributed by atoms with Crippen LogP contribution in [-0.4, -0.2) is 11.8 Å². The lowest BCUT2D eigenvalue weighted by molar-refractivity contribution is -0.134. The molecule has 0 aromatic heterocycles. The van der Waals surface area contributed by atoms with Gasteiger partial charge in [-0.1, -0.05) is 19.1 Å².